The number of hydrogen-bond acceptors (Lipinski definition) is 2. The largest absolute Gasteiger partial charge is 0.419 e. The summed E-state index contributed by atoms with van der Waals surface area (Å²) in [7, 11) is 0. The molecule has 1 N–H and O–H groups in total. The number of nitrogens with one attached hydrogen (secondary N) is 1. The van der Waals surface area contributed by atoms with Gasteiger partial charge < -0.3 is 10.1 Å². The van der Waals surface area contributed by atoms with E-state index in [0.717, 1.165) is 18.6 Å². The van der Waals surface area contributed by atoms with Gasteiger partial charge >= 0.3 is 6.18 Å². The highest BCUT2D eigenvalue weighted by molar-refractivity contribution is 5.47. The Bertz CT molecular complexity index is 379. The van der Waals surface area contributed by atoms with Crippen molar-refractivity contribution in [2.75, 3.05) is 25.1 Å². The van der Waals surface area contributed by atoms with Gasteiger partial charge in [0.15, 0.2) is 0 Å². The summed E-state index contributed by atoms with van der Waals surface area (Å²) in [6.45, 7) is 3.34. The molecule has 18 heavy (non-hydrogen) atoms. The Kier molecular flexibility index (Phi) is 5.40. The molecule has 0 aromatic heterocycles. The summed E-state index contributed by atoms with van der Waals surface area (Å²) in [5, 5.41) is 2.75. The van der Waals surface area contributed by atoms with Crippen LogP contribution in [-0.2, 0) is 10.9 Å². The lowest BCUT2D eigenvalue weighted by Crippen LogP contribution is -2.12. The van der Waals surface area contributed by atoms with Crippen LogP contribution >= 0.6 is 0 Å². The van der Waals surface area contributed by atoms with Crippen LogP contribution < -0.4 is 5.32 Å². The van der Waals surface area contributed by atoms with Crippen LogP contribution in [0.2, 0.25) is 0 Å². The summed E-state index contributed by atoms with van der Waals surface area (Å²) in [5.74, 6) is -1.27. The molecule has 6 heteroatoms. The SMILES string of the molecule is CCCOCCNc1ccc(F)c(C(F)(F)F)c1. The van der Waals surface area contributed by atoms with Gasteiger partial charge in [-0.05, 0) is 24.6 Å². The molecule has 2 nitrogen and oxygen atoms in total. The van der Waals surface area contributed by atoms with Crippen molar-refractivity contribution < 1.29 is 22.3 Å². The van der Waals surface area contributed by atoms with Crippen molar-refractivity contribution in [2.45, 2.75) is 19.5 Å². The van der Waals surface area contributed by atoms with Crippen molar-refractivity contribution in [1.82, 2.24) is 0 Å². The summed E-state index contributed by atoms with van der Waals surface area (Å²) < 4.78 is 55.4. The highest BCUT2D eigenvalue weighted by atomic mass is 19.4. The lowest BCUT2D eigenvalue weighted by Gasteiger charge is -2.11. The van der Waals surface area contributed by atoms with Gasteiger partial charge in [-0.3, -0.25) is 0 Å². The summed E-state index contributed by atoms with van der Waals surface area (Å²) >= 11 is 0. The molecule has 0 amide bonds. The highest BCUT2D eigenvalue weighted by Crippen LogP contribution is 2.32. The molecule has 1 rings (SSSR count). The molecular weight excluding hydrogens is 250 g/mol. The Hall–Kier alpha value is -1.30. The highest BCUT2D eigenvalue weighted by Gasteiger charge is 2.34. The van der Waals surface area contributed by atoms with Crippen LogP contribution in [0.1, 0.15) is 18.9 Å². The van der Waals surface area contributed by atoms with Crippen LogP contribution in [-0.4, -0.2) is 19.8 Å². The zero-order valence-electron chi connectivity index (χ0n) is 9.98. The standard InChI is InChI=1S/C12H15F4NO/c1-2-6-18-7-5-17-9-3-4-11(13)10(8-9)12(14,15)16/h3-4,8,17H,2,5-7H2,1H3. The summed E-state index contributed by atoms with van der Waals surface area (Å²) in [6, 6.07) is 2.83. The van der Waals surface area contributed by atoms with Gasteiger partial charge in [-0.2, -0.15) is 13.2 Å². The summed E-state index contributed by atoms with van der Waals surface area (Å²) in [5.41, 5.74) is -1.04. The van der Waals surface area contributed by atoms with Crippen molar-refractivity contribution >= 4 is 5.69 Å². The third kappa shape index (κ3) is 4.52. The normalized spacial score (nSPS) is 11.6. The minimum atomic E-state index is -4.68. The molecule has 0 atom stereocenters. The first-order chi connectivity index (χ1) is 8.45. The Morgan fingerprint density at radius 2 is 1.94 bits per heavy atom. The summed E-state index contributed by atoms with van der Waals surface area (Å²) in [4.78, 5) is 0. The molecule has 0 bridgehead atoms. The second kappa shape index (κ2) is 6.58. The van der Waals surface area contributed by atoms with Crippen molar-refractivity contribution in [1.29, 1.82) is 0 Å². The molecule has 102 valence electrons. The van der Waals surface area contributed by atoms with Crippen molar-refractivity contribution in [3.63, 3.8) is 0 Å². The molecule has 0 aliphatic heterocycles. The Morgan fingerprint density at radius 1 is 1.22 bits per heavy atom. The van der Waals surface area contributed by atoms with E-state index in [2.05, 4.69) is 5.32 Å². The number of halogens is 4. The maximum Gasteiger partial charge on any atom is 0.419 e. The fourth-order valence-electron chi connectivity index (χ4n) is 1.37. The monoisotopic (exact) mass is 265 g/mol. The van der Waals surface area contributed by atoms with Crippen molar-refractivity contribution in [2.24, 2.45) is 0 Å². The van der Waals surface area contributed by atoms with Crippen LogP contribution in [0.15, 0.2) is 18.2 Å². The first kappa shape index (κ1) is 14.8. The molecule has 0 heterocycles. The smallest absolute Gasteiger partial charge is 0.383 e. The molecule has 1 aromatic carbocycles. The second-order valence-corrected chi connectivity index (χ2v) is 3.73. The maximum absolute atomic E-state index is 13.0. The lowest BCUT2D eigenvalue weighted by atomic mass is 10.2. The number of hydrogen-bond donors (Lipinski definition) is 1. The molecule has 0 saturated heterocycles. The lowest BCUT2D eigenvalue weighted by molar-refractivity contribution is -0.139. The first-order valence-corrected chi connectivity index (χ1v) is 5.63. The Labute approximate surface area is 103 Å². The topological polar surface area (TPSA) is 21.3 Å². The van der Waals surface area contributed by atoms with Crippen molar-refractivity contribution in [3.8, 4) is 0 Å². The van der Waals surface area contributed by atoms with E-state index in [1.54, 1.807) is 0 Å². The van der Waals surface area contributed by atoms with Crippen LogP contribution in [0.5, 0.6) is 0 Å². The van der Waals surface area contributed by atoms with E-state index in [4.69, 9.17) is 4.74 Å². The number of rotatable bonds is 6. The average molecular weight is 265 g/mol. The van der Waals surface area contributed by atoms with Gasteiger partial charge in [-0.15, -0.1) is 0 Å². The predicted molar refractivity (Wildman–Crippen MR) is 61.0 cm³/mol. The van der Waals surface area contributed by atoms with E-state index in [1.807, 2.05) is 6.92 Å². The molecule has 0 spiro atoms. The van der Waals surface area contributed by atoms with Crippen molar-refractivity contribution in [3.05, 3.63) is 29.6 Å². The maximum atomic E-state index is 13.0. The van der Waals surface area contributed by atoms with Gasteiger partial charge in [0.1, 0.15) is 5.82 Å². The van der Waals surface area contributed by atoms with Crippen LogP contribution in [0.4, 0.5) is 23.2 Å². The average Bonchev–Trinajstić information content (AvgIpc) is 2.29. The van der Waals surface area contributed by atoms with Gasteiger partial charge in [0.2, 0.25) is 0 Å². The zero-order valence-corrected chi connectivity index (χ0v) is 9.98. The van der Waals surface area contributed by atoms with E-state index in [-0.39, 0.29) is 5.69 Å². The third-order valence-corrected chi connectivity index (χ3v) is 2.20. The number of anilines is 1. The van der Waals surface area contributed by atoms with Crippen LogP contribution in [0.3, 0.4) is 0 Å². The number of alkyl halides is 3. The van der Waals surface area contributed by atoms with E-state index in [1.165, 1.54) is 6.07 Å². The molecule has 0 saturated carbocycles. The molecule has 0 aliphatic carbocycles. The van der Waals surface area contributed by atoms with Gasteiger partial charge in [0.05, 0.1) is 12.2 Å². The third-order valence-electron chi connectivity index (χ3n) is 2.20. The fourth-order valence-corrected chi connectivity index (χ4v) is 1.37. The van der Waals surface area contributed by atoms with Crippen LogP contribution in [0.25, 0.3) is 0 Å². The molecule has 0 unspecified atom stereocenters. The van der Waals surface area contributed by atoms with Gasteiger partial charge in [0.25, 0.3) is 0 Å². The van der Waals surface area contributed by atoms with Crippen LogP contribution in [0, 0.1) is 5.82 Å². The zero-order chi connectivity index (χ0) is 13.6. The molecular formula is C12H15F4NO. The Balaban J connectivity index is 2.57. The van der Waals surface area contributed by atoms with E-state index >= 15 is 0 Å². The van der Waals surface area contributed by atoms with Gasteiger partial charge in [0, 0.05) is 18.8 Å². The Morgan fingerprint density at radius 3 is 2.56 bits per heavy atom. The number of ether oxygens (including phenoxy) is 1. The summed E-state index contributed by atoms with van der Waals surface area (Å²) in [6.07, 6.45) is -3.80. The van der Waals surface area contributed by atoms with E-state index in [9.17, 15) is 17.6 Å². The number of benzene rings is 1. The quantitative estimate of drug-likeness (QED) is 0.625. The van der Waals surface area contributed by atoms with E-state index in [0.29, 0.717) is 19.8 Å². The predicted octanol–water partition coefficient (Wildman–Crippen LogP) is 3.68. The molecule has 0 radical (unpaired) electrons. The first-order valence-electron chi connectivity index (χ1n) is 5.63. The van der Waals surface area contributed by atoms with E-state index < -0.39 is 17.6 Å². The molecule has 1 aromatic rings. The fraction of sp³-hybridized carbons (Fsp3) is 0.500. The van der Waals surface area contributed by atoms with Gasteiger partial charge in [-0.25, -0.2) is 4.39 Å². The minimum absolute atomic E-state index is 0.226. The minimum Gasteiger partial charge on any atom is -0.383 e. The van der Waals surface area contributed by atoms with Gasteiger partial charge in [-0.1, -0.05) is 6.92 Å². The second-order valence-electron chi connectivity index (χ2n) is 3.73. The molecule has 0 fully saturated rings. The molecule has 0 aliphatic rings.